The Balaban J connectivity index is 1.58. The fourth-order valence-corrected chi connectivity index (χ4v) is 3.08. The van der Waals surface area contributed by atoms with Crippen molar-refractivity contribution in [3.05, 3.63) is 64.4 Å². The van der Waals surface area contributed by atoms with Crippen molar-refractivity contribution in [3.63, 3.8) is 0 Å². The largest absolute Gasteiger partial charge is 0.312 e. The summed E-state index contributed by atoms with van der Waals surface area (Å²) in [5, 5.41) is 0. The van der Waals surface area contributed by atoms with E-state index in [1.54, 1.807) is 24.3 Å². The van der Waals surface area contributed by atoms with E-state index in [0.29, 0.717) is 11.3 Å². The molecular formula is C18H15BrFN3O3. The summed E-state index contributed by atoms with van der Waals surface area (Å²) in [7, 11) is 0. The Hall–Kier alpha value is -2.74. The van der Waals surface area contributed by atoms with Crippen molar-refractivity contribution in [2.75, 3.05) is 11.4 Å². The molecular weight excluding hydrogens is 405 g/mol. The van der Waals surface area contributed by atoms with Gasteiger partial charge < -0.3 is 4.90 Å². The normalized spacial score (nSPS) is 16.5. The number of nitrogens with zero attached hydrogens (tertiary/aromatic N) is 1. The number of anilines is 1. The van der Waals surface area contributed by atoms with E-state index < -0.39 is 23.5 Å². The van der Waals surface area contributed by atoms with E-state index >= 15 is 0 Å². The van der Waals surface area contributed by atoms with Crippen LogP contribution >= 0.6 is 15.9 Å². The molecule has 0 aromatic heterocycles. The Labute approximate surface area is 157 Å². The lowest BCUT2D eigenvalue weighted by atomic mass is 10.1. The molecule has 0 saturated carbocycles. The van der Waals surface area contributed by atoms with Crippen LogP contribution < -0.4 is 15.8 Å². The Morgan fingerprint density at radius 1 is 1.12 bits per heavy atom. The maximum absolute atomic E-state index is 13.0. The molecule has 2 aromatic rings. The summed E-state index contributed by atoms with van der Waals surface area (Å²) in [4.78, 5) is 37.9. The number of nitrogens with one attached hydrogen (secondary N) is 2. The van der Waals surface area contributed by atoms with Crippen LogP contribution in [0.25, 0.3) is 0 Å². The van der Waals surface area contributed by atoms with Crippen molar-refractivity contribution in [1.29, 1.82) is 0 Å². The van der Waals surface area contributed by atoms with Gasteiger partial charge in [-0.05, 0) is 42.5 Å². The second-order valence-corrected chi connectivity index (χ2v) is 6.75. The van der Waals surface area contributed by atoms with Crippen molar-refractivity contribution in [3.8, 4) is 0 Å². The molecule has 0 aliphatic carbocycles. The van der Waals surface area contributed by atoms with Crippen LogP contribution in [0.15, 0.2) is 53.0 Å². The van der Waals surface area contributed by atoms with E-state index in [-0.39, 0.29) is 18.9 Å². The first-order valence-electron chi connectivity index (χ1n) is 7.86. The minimum absolute atomic E-state index is 0.0238. The first kappa shape index (κ1) is 18.1. The third-order valence-corrected chi connectivity index (χ3v) is 4.51. The SMILES string of the molecule is O=C(NNC(=O)[C@@H]1CC(=O)N(c2ccc(F)cc2)C1)c1cccc(Br)c1. The van der Waals surface area contributed by atoms with Crippen LogP contribution in [0.4, 0.5) is 10.1 Å². The molecule has 8 heteroatoms. The van der Waals surface area contributed by atoms with Crippen molar-refractivity contribution in [2.45, 2.75) is 6.42 Å². The van der Waals surface area contributed by atoms with Gasteiger partial charge in [0, 0.05) is 28.7 Å². The molecule has 0 spiro atoms. The molecule has 1 fully saturated rings. The number of hydrogen-bond donors (Lipinski definition) is 2. The smallest absolute Gasteiger partial charge is 0.269 e. The summed E-state index contributed by atoms with van der Waals surface area (Å²) in [6.07, 6.45) is 0.0238. The van der Waals surface area contributed by atoms with Gasteiger partial charge in [-0.25, -0.2) is 4.39 Å². The van der Waals surface area contributed by atoms with Crippen LogP contribution in [0.2, 0.25) is 0 Å². The molecule has 1 saturated heterocycles. The van der Waals surface area contributed by atoms with Crippen molar-refractivity contribution < 1.29 is 18.8 Å². The second-order valence-electron chi connectivity index (χ2n) is 5.84. The van der Waals surface area contributed by atoms with E-state index in [1.165, 1.54) is 29.2 Å². The van der Waals surface area contributed by atoms with Gasteiger partial charge in [0.2, 0.25) is 11.8 Å². The summed E-state index contributed by atoms with van der Waals surface area (Å²) >= 11 is 3.27. The average molecular weight is 420 g/mol. The zero-order valence-electron chi connectivity index (χ0n) is 13.5. The van der Waals surface area contributed by atoms with E-state index in [2.05, 4.69) is 26.8 Å². The highest BCUT2D eigenvalue weighted by molar-refractivity contribution is 9.10. The number of hydrazine groups is 1. The van der Waals surface area contributed by atoms with Crippen LogP contribution in [-0.4, -0.2) is 24.3 Å². The Bertz CT molecular complexity index is 857. The Morgan fingerprint density at radius 3 is 2.54 bits per heavy atom. The van der Waals surface area contributed by atoms with Crippen molar-refractivity contribution in [2.24, 2.45) is 5.92 Å². The molecule has 26 heavy (non-hydrogen) atoms. The highest BCUT2D eigenvalue weighted by atomic mass is 79.9. The maximum atomic E-state index is 13.0. The second kappa shape index (κ2) is 7.65. The number of halogens is 2. The summed E-state index contributed by atoms with van der Waals surface area (Å²) < 4.78 is 13.7. The molecule has 1 atom stereocenters. The highest BCUT2D eigenvalue weighted by Gasteiger charge is 2.35. The van der Waals surface area contributed by atoms with Crippen LogP contribution in [-0.2, 0) is 9.59 Å². The molecule has 6 nitrogen and oxygen atoms in total. The summed E-state index contributed by atoms with van der Waals surface area (Å²) in [6.45, 7) is 0.170. The quantitative estimate of drug-likeness (QED) is 0.749. The van der Waals surface area contributed by atoms with Crippen molar-refractivity contribution in [1.82, 2.24) is 10.9 Å². The molecule has 1 aliphatic rings. The number of hydrogen-bond acceptors (Lipinski definition) is 3. The first-order chi connectivity index (χ1) is 12.4. The van der Waals surface area contributed by atoms with E-state index in [4.69, 9.17) is 0 Å². The number of benzene rings is 2. The number of carbonyl (C=O) groups is 3. The topological polar surface area (TPSA) is 78.5 Å². The van der Waals surface area contributed by atoms with E-state index in [0.717, 1.165) is 4.47 Å². The first-order valence-corrected chi connectivity index (χ1v) is 8.65. The molecule has 0 radical (unpaired) electrons. The van der Waals surface area contributed by atoms with Gasteiger partial charge in [0.25, 0.3) is 5.91 Å². The molecule has 0 unspecified atom stereocenters. The molecule has 3 amide bonds. The molecule has 1 aliphatic heterocycles. The standard InChI is InChI=1S/C18H15BrFN3O3/c19-13-3-1-2-11(8-13)17(25)21-22-18(26)12-9-16(24)23(10-12)15-6-4-14(20)5-7-15/h1-8,12H,9-10H2,(H,21,25)(H,22,26)/t12-/m1/s1. The lowest BCUT2D eigenvalue weighted by Gasteiger charge is -2.16. The van der Waals surface area contributed by atoms with Gasteiger partial charge >= 0.3 is 0 Å². The van der Waals surface area contributed by atoms with E-state index in [1.807, 2.05) is 0 Å². The molecule has 134 valence electrons. The molecule has 2 aromatic carbocycles. The number of rotatable bonds is 3. The van der Waals surface area contributed by atoms with Gasteiger partial charge in [-0.2, -0.15) is 0 Å². The van der Waals surface area contributed by atoms with Gasteiger partial charge in [-0.15, -0.1) is 0 Å². The Kier molecular flexibility index (Phi) is 5.32. The molecule has 1 heterocycles. The molecule has 2 N–H and O–H groups in total. The zero-order chi connectivity index (χ0) is 18.7. The summed E-state index contributed by atoms with van der Waals surface area (Å²) in [5.74, 6) is -2.14. The minimum atomic E-state index is -0.602. The van der Waals surface area contributed by atoms with Gasteiger partial charge in [0.1, 0.15) is 5.82 Å². The summed E-state index contributed by atoms with van der Waals surface area (Å²) in [6, 6.07) is 12.2. The van der Waals surface area contributed by atoms with Crippen LogP contribution in [0.5, 0.6) is 0 Å². The predicted molar refractivity (Wildman–Crippen MR) is 96.6 cm³/mol. The third-order valence-electron chi connectivity index (χ3n) is 4.02. The van der Waals surface area contributed by atoms with Gasteiger partial charge in [-0.1, -0.05) is 22.0 Å². The van der Waals surface area contributed by atoms with Gasteiger partial charge in [0.05, 0.1) is 5.92 Å². The van der Waals surface area contributed by atoms with Crippen LogP contribution in [0.1, 0.15) is 16.8 Å². The predicted octanol–water partition coefficient (Wildman–Crippen LogP) is 2.40. The van der Waals surface area contributed by atoms with E-state index in [9.17, 15) is 18.8 Å². The molecule has 3 rings (SSSR count). The number of amides is 3. The maximum Gasteiger partial charge on any atom is 0.269 e. The van der Waals surface area contributed by atoms with Gasteiger partial charge in [-0.3, -0.25) is 25.2 Å². The fourth-order valence-electron chi connectivity index (χ4n) is 2.68. The monoisotopic (exact) mass is 419 g/mol. The van der Waals surface area contributed by atoms with Crippen molar-refractivity contribution >= 4 is 39.3 Å². The zero-order valence-corrected chi connectivity index (χ0v) is 15.1. The Morgan fingerprint density at radius 2 is 1.85 bits per heavy atom. The van der Waals surface area contributed by atoms with Crippen LogP contribution in [0.3, 0.4) is 0 Å². The highest BCUT2D eigenvalue weighted by Crippen LogP contribution is 2.25. The minimum Gasteiger partial charge on any atom is -0.312 e. The lowest BCUT2D eigenvalue weighted by Crippen LogP contribution is -2.45. The third kappa shape index (κ3) is 4.08. The van der Waals surface area contributed by atoms with Crippen LogP contribution in [0, 0.1) is 11.7 Å². The number of carbonyl (C=O) groups excluding carboxylic acids is 3. The fraction of sp³-hybridized carbons (Fsp3) is 0.167. The average Bonchev–Trinajstić information content (AvgIpc) is 3.02. The lowest BCUT2D eigenvalue weighted by molar-refractivity contribution is -0.126. The van der Waals surface area contributed by atoms with Gasteiger partial charge in [0.15, 0.2) is 0 Å². The molecule has 0 bridgehead atoms. The summed E-state index contributed by atoms with van der Waals surface area (Å²) in [5.41, 5.74) is 5.61.